The van der Waals surface area contributed by atoms with Gasteiger partial charge in [-0.25, -0.2) is 4.79 Å². The smallest absolute Gasteiger partial charge is 0.407 e. The van der Waals surface area contributed by atoms with Crippen molar-refractivity contribution >= 4 is 18.0 Å². The summed E-state index contributed by atoms with van der Waals surface area (Å²) in [5.74, 6) is -0.823. The van der Waals surface area contributed by atoms with Crippen LogP contribution < -0.4 is 5.32 Å². The van der Waals surface area contributed by atoms with E-state index < -0.39 is 18.0 Å². The molecule has 1 saturated heterocycles. The second-order valence-corrected chi connectivity index (χ2v) is 10.0. The molecule has 7 nitrogen and oxygen atoms in total. The minimum Gasteiger partial charge on any atom is -0.481 e. The van der Waals surface area contributed by atoms with Crippen molar-refractivity contribution in [2.24, 2.45) is 17.8 Å². The third-order valence-corrected chi connectivity index (χ3v) is 7.92. The van der Waals surface area contributed by atoms with Crippen LogP contribution in [0, 0.1) is 17.8 Å². The summed E-state index contributed by atoms with van der Waals surface area (Å²) >= 11 is 0. The summed E-state index contributed by atoms with van der Waals surface area (Å²) < 4.78 is 5.63. The number of fused-ring (bicyclic) bond motifs is 3. The molecule has 2 aromatic rings. The van der Waals surface area contributed by atoms with Gasteiger partial charge in [-0.15, -0.1) is 0 Å². The maximum Gasteiger partial charge on any atom is 0.407 e. The first-order chi connectivity index (χ1) is 17.0. The molecule has 0 bridgehead atoms. The number of benzene rings is 2. The highest BCUT2D eigenvalue weighted by Gasteiger charge is 2.35. The molecule has 2 aliphatic carbocycles. The van der Waals surface area contributed by atoms with E-state index in [1.165, 1.54) is 22.3 Å². The molecule has 3 aliphatic rings. The average molecular weight is 477 g/mol. The molecule has 1 heterocycles. The molecule has 2 fully saturated rings. The van der Waals surface area contributed by atoms with Crippen LogP contribution in [0.1, 0.15) is 49.1 Å². The number of ether oxygens (including phenoxy) is 1. The van der Waals surface area contributed by atoms with Crippen molar-refractivity contribution < 1.29 is 24.2 Å². The predicted octanol–water partition coefficient (Wildman–Crippen LogP) is 4.26. The minimum absolute atomic E-state index is 0.0340. The van der Waals surface area contributed by atoms with Gasteiger partial charge in [0.15, 0.2) is 0 Å². The van der Waals surface area contributed by atoms with E-state index in [-0.39, 0.29) is 17.7 Å². The van der Waals surface area contributed by atoms with Gasteiger partial charge in [0.05, 0.1) is 5.92 Å². The fourth-order valence-electron chi connectivity index (χ4n) is 5.91. The van der Waals surface area contributed by atoms with Gasteiger partial charge in [-0.1, -0.05) is 48.5 Å². The predicted molar refractivity (Wildman–Crippen MR) is 131 cm³/mol. The molecule has 2 amide bonds. The number of amides is 2. The molecule has 184 valence electrons. The standard InChI is InChI=1S/C28H32N2O5/c31-26(30-14-13-20(16-30)27(32)33)19-11-9-18(10-12-19)15-29-28(34)35-17-25-23-7-3-1-5-21(23)22-6-2-4-8-24(22)25/h1-8,18-20,25H,9-17H2,(H,29,34)(H,32,33). The van der Waals surface area contributed by atoms with Gasteiger partial charge in [0.1, 0.15) is 6.61 Å². The number of aliphatic carboxylic acids is 1. The fraction of sp³-hybridized carbons (Fsp3) is 0.464. The lowest BCUT2D eigenvalue weighted by Gasteiger charge is -2.30. The minimum atomic E-state index is -0.816. The van der Waals surface area contributed by atoms with Gasteiger partial charge >= 0.3 is 12.1 Å². The zero-order chi connectivity index (χ0) is 24.4. The van der Waals surface area contributed by atoms with E-state index in [4.69, 9.17) is 9.84 Å². The Morgan fingerprint density at radius 1 is 0.886 bits per heavy atom. The lowest BCUT2D eigenvalue weighted by molar-refractivity contribution is -0.141. The van der Waals surface area contributed by atoms with Crippen molar-refractivity contribution in [3.05, 3.63) is 59.7 Å². The van der Waals surface area contributed by atoms with E-state index in [9.17, 15) is 14.4 Å². The summed E-state index contributed by atoms with van der Waals surface area (Å²) in [6, 6.07) is 16.5. The van der Waals surface area contributed by atoms with Crippen LogP contribution in [-0.4, -0.2) is 54.2 Å². The first-order valence-electron chi connectivity index (χ1n) is 12.6. The topological polar surface area (TPSA) is 95.9 Å². The Kier molecular flexibility index (Phi) is 6.75. The van der Waals surface area contributed by atoms with Gasteiger partial charge < -0.3 is 20.1 Å². The number of hydrogen-bond donors (Lipinski definition) is 2. The summed E-state index contributed by atoms with van der Waals surface area (Å²) in [7, 11) is 0. The third kappa shape index (κ3) is 4.90. The quantitative estimate of drug-likeness (QED) is 0.649. The van der Waals surface area contributed by atoms with Gasteiger partial charge in [0.2, 0.25) is 5.91 Å². The largest absolute Gasteiger partial charge is 0.481 e. The van der Waals surface area contributed by atoms with Crippen LogP contribution in [0.2, 0.25) is 0 Å². The SMILES string of the molecule is O=C(NCC1CCC(C(=O)N2CCC(C(=O)O)C2)CC1)OCC1c2ccccc2-c2ccccc21. The first kappa shape index (κ1) is 23.4. The normalized spacial score (nSPS) is 23.4. The zero-order valence-electron chi connectivity index (χ0n) is 19.8. The first-order valence-corrected chi connectivity index (χ1v) is 12.6. The molecule has 1 unspecified atom stereocenters. The maximum absolute atomic E-state index is 12.8. The lowest BCUT2D eigenvalue weighted by atomic mass is 9.81. The van der Waals surface area contributed by atoms with Crippen LogP contribution in [0.25, 0.3) is 11.1 Å². The summed E-state index contributed by atoms with van der Waals surface area (Å²) in [5.41, 5.74) is 4.79. The Morgan fingerprint density at radius 3 is 2.11 bits per heavy atom. The number of hydrogen-bond acceptors (Lipinski definition) is 4. The molecule has 1 aliphatic heterocycles. The lowest BCUT2D eigenvalue weighted by Crippen LogP contribution is -2.38. The van der Waals surface area contributed by atoms with E-state index in [2.05, 4.69) is 29.6 Å². The van der Waals surface area contributed by atoms with Crippen LogP contribution in [0.3, 0.4) is 0 Å². The van der Waals surface area contributed by atoms with Crippen molar-refractivity contribution in [1.29, 1.82) is 0 Å². The number of carboxylic acids is 1. The number of rotatable bonds is 6. The van der Waals surface area contributed by atoms with Gasteiger partial charge in [-0.3, -0.25) is 9.59 Å². The van der Waals surface area contributed by atoms with E-state index >= 15 is 0 Å². The molecule has 35 heavy (non-hydrogen) atoms. The van der Waals surface area contributed by atoms with Crippen molar-refractivity contribution in [3.8, 4) is 11.1 Å². The zero-order valence-corrected chi connectivity index (χ0v) is 19.8. The number of likely N-dealkylation sites (tertiary alicyclic amines) is 1. The second-order valence-electron chi connectivity index (χ2n) is 10.0. The number of nitrogens with one attached hydrogen (secondary N) is 1. The maximum atomic E-state index is 12.8. The molecule has 1 atom stereocenters. The van der Waals surface area contributed by atoms with Crippen molar-refractivity contribution in [1.82, 2.24) is 10.2 Å². The molecule has 5 rings (SSSR count). The highest BCUT2D eigenvalue weighted by atomic mass is 16.5. The van der Waals surface area contributed by atoms with Crippen molar-refractivity contribution in [2.75, 3.05) is 26.2 Å². The van der Waals surface area contributed by atoms with Crippen LogP contribution in [0.15, 0.2) is 48.5 Å². The monoisotopic (exact) mass is 476 g/mol. The van der Waals surface area contributed by atoms with Crippen LogP contribution >= 0.6 is 0 Å². The Bertz CT molecular complexity index is 1060. The van der Waals surface area contributed by atoms with E-state index in [1.54, 1.807) is 4.90 Å². The molecule has 1 saturated carbocycles. The number of carboxylic acid groups (broad SMARTS) is 1. The average Bonchev–Trinajstić information content (AvgIpc) is 3.50. The summed E-state index contributed by atoms with van der Waals surface area (Å²) in [6.45, 7) is 1.72. The van der Waals surface area contributed by atoms with Gasteiger partial charge in [0, 0.05) is 31.5 Å². The highest BCUT2D eigenvalue weighted by Crippen LogP contribution is 2.44. The Balaban J connectivity index is 1.06. The second kappa shape index (κ2) is 10.1. The summed E-state index contributed by atoms with van der Waals surface area (Å²) in [5, 5.41) is 12.1. The molecule has 2 N–H and O–H groups in total. The Morgan fingerprint density at radius 2 is 1.51 bits per heavy atom. The molecule has 2 aromatic carbocycles. The molecular weight excluding hydrogens is 444 g/mol. The highest BCUT2D eigenvalue weighted by molar-refractivity contribution is 5.81. The van der Waals surface area contributed by atoms with Crippen LogP contribution in [0.4, 0.5) is 4.79 Å². The van der Waals surface area contributed by atoms with Crippen molar-refractivity contribution in [2.45, 2.75) is 38.0 Å². The third-order valence-electron chi connectivity index (χ3n) is 7.92. The van der Waals surface area contributed by atoms with Gasteiger partial charge in [-0.05, 0) is 60.3 Å². The molecule has 0 spiro atoms. The Hall–Kier alpha value is -3.35. The summed E-state index contributed by atoms with van der Waals surface area (Å²) in [4.78, 5) is 38.1. The van der Waals surface area contributed by atoms with Crippen molar-refractivity contribution in [3.63, 3.8) is 0 Å². The summed E-state index contributed by atoms with van der Waals surface area (Å²) in [6.07, 6.45) is 3.45. The number of alkyl carbamates (subject to hydrolysis) is 1. The van der Waals surface area contributed by atoms with Crippen LogP contribution in [-0.2, 0) is 14.3 Å². The number of carbonyl (C=O) groups excluding carboxylic acids is 2. The molecular formula is C28H32N2O5. The molecule has 0 aromatic heterocycles. The Labute approximate surface area is 205 Å². The van der Waals surface area contributed by atoms with E-state index in [1.807, 2.05) is 24.3 Å². The molecule has 0 radical (unpaired) electrons. The number of carbonyl (C=O) groups is 3. The van der Waals surface area contributed by atoms with Crippen LogP contribution in [0.5, 0.6) is 0 Å². The van der Waals surface area contributed by atoms with Gasteiger partial charge in [-0.2, -0.15) is 0 Å². The van der Waals surface area contributed by atoms with E-state index in [0.717, 1.165) is 25.7 Å². The van der Waals surface area contributed by atoms with E-state index in [0.29, 0.717) is 38.6 Å². The van der Waals surface area contributed by atoms with Gasteiger partial charge in [0.25, 0.3) is 0 Å². The number of nitrogens with zero attached hydrogens (tertiary/aromatic N) is 1. The fourth-order valence-corrected chi connectivity index (χ4v) is 5.91. The molecule has 7 heteroatoms.